The lowest BCUT2D eigenvalue weighted by molar-refractivity contribution is -0.123. The second-order valence-corrected chi connectivity index (χ2v) is 10.5. The molecular weight excluding hydrogens is 494 g/mol. The summed E-state index contributed by atoms with van der Waals surface area (Å²) in [5.74, 6) is -0.0927. The van der Waals surface area contributed by atoms with Gasteiger partial charge in [-0.15, -0.1) is 0 Å². The first kappa shape index (κ1) is 37.8. The van der Waals surface area contributed by atoms with Crippen LogP contribution in [-0.2, 0) is 4.79 Å². The standard InChI is InChI=1S/C36H61NO3/c1-3-5-7-9-11-12-13-14-15-16-17-18-19-20-21-22-23-24-26-28-30-32-36(40)37-34(33-38)35(39)31-29-27-25-10-8-6-4-2/h5,7,11-12,14-15,17-18,20-21,29,31,34-35,38-39H,3-4,6,8-10,13,16,19,22-28,30,32-33H2,1-2H3,(H,37,40)/b7-5-,12-11-,15-14-,18-17-,21-20-,31-29+. The highest BCUT2D eigenvalue weighted by Gasteiger charge is 2.17. The number of allylic oxidation sites excluding steroid dienone is 11. The Bertz CT molecular complexity index is 732. The van der Waals surface area contributed by atoms with Crippen molar-refractivity contribution in [1.29, 1.82) is 0 Å². The van der Waals surface area contributed by atoms with E-state index in [0.29, 0.717) is 6.42 Å². The molecule has 0 aromatic carbocycles. The lowest BCUT2D eigenvalue weighted by Crippen LogP contribution is -2.45. The molecule has 0 spiro atoms. The van der Waals surface area contributed by atoms with Crippen molar-refractivity contribution in [3.8, 4) is 0 Å². The number of hydrogen-bond acceptors (Lipinski definition) is 3. The zero-order valence-electron chi connectivity index (χ0n) is 25.8. The second kappa shape index (κ2) is 31.4. The third kappa shape index (κ3) is 27.4. The monoisotopic (exact) mass is 555 g/mol. The van der Waals surface area contributed by atoms with Crippen molar-refractivity contribution in [3.05, 3.63) is 72.9 Å². The number of rotatable bonds is 27. The highest BCUT2D eigenvalue weighted by molar-refractivity contribution is 5.76. The number of aliphatic hydroxyl groups is 2. The molecule has 2 unspecified atom stereocenters. The Morgan fingerprint density at radius 3 is 1.65 bits per heavy atom. The molecule has 0 aliphatic carbocycles. The number of hydrogen-bond donors (Lipinski definition) is 3. The number of aliphatic hydroxyl groups excluding tert-OH is 2. The first-order chi connectivity index (χ1) is 19.7. The molecule has 0 aliphatic heterocycles. The van der Waals surface area contributed by atoms with Gasteiger partial charge in [-0.25, -0.2) is 0 Å². The minimum atomic E-state index is -0.847. The van der Waals surface area contributed by atoms with Gasteiger partial charge in [-0.05, 0) is 64.2 Å². The Labute approximate surface area is 247 Å². The summed E-state index contributed by atoms with van der Waals surface area (Å²) >= 11 is 0. The predicted molar refractivity (Wildman–Crippen MR) is 174 cm³/mol. The average Bonchev–Trinajstić information content (AvgIpc) is 2.96. The van der Waals surface area contributed by atoms with Crippen molar-refractivity contribution < 1.29 is 15.0 Å². The van der Waals surface area contributed by atoms with Gasteiger partial charge in [0.15, 0.2) is 0 Å². The first-order valence-electron chi connectivity index (χ1n) is 16.2. The molecule has 3 N–H and O–H groups in total. The Morgan fingerprint density at radius 1 is 0.625 bits per heavy atom. The molecule has 0 aliphatic rings. The largest absolute Gasteiger partial charge is 0.394 e. The molecule has 4 heteroatoms. The predicted octanol–water partition coefficient (Wildman–Crippen LogP) is 9.22. The molecule has 2 atom stereocenters. The van der Waals surface area contributed by atoms with Crippen LogP contribution in [0.2, 0.25) is 0 Å². The molecule has 40 heavy (non-hydrogen) atoms. The van der Waals surface area contributed by atoms with Crippen LogP contribution in [0.15, 0.2) is 72.9 Å². The summed E-state index contributed by atoms with van der Waals surface area (Å²) in [4.78, 5) is 12.2. The van der Waals surface area contributed by atoms with E-state index in [2.05, 4.69) is 79.9 Å². The van der Waals surface area contributed by atoms with E-state index in [-0.39, 0.29) is 12.5 Å². The third-order valence-corrected chi connectivity index (χ3v) is 6.70. The number of carbonyl (C=O) groups excluding carboxylic acids is 1. The fraction of sp³-hybridized carbons (Fsp3) is 0.639. The van der Waals surface area contributed by atoms with Crippen molar-refractivity contribution in [1.82, 2.24) is 5.32 Å². The van der Waals surface area contributed by atoms with Crippen LogP contribution >= 0.6 is 0 Å². The fourth-order valence-electron chi connectivity index (χ4n) is 4.20. The van der Waals surface area contributed by atoms with Gasteiger partial charge in [0, 0.05) is 6.42 Å². The summed E-state index contributed by atoms with van der Waals surface area (Å²) in [5, 5.41) is 22.6. The lowest BCUT2D eigenvalue weighted by Gasteiger charge is -2.20. The van der Waals surface area contributed by atoms with Gasteiger partial charge in [0.1, 0.15) is 0 Å². The van der Waals surface area contributed by atoms with Gasteiger partial charge in [-0.3, -0.25) is 4.79 Å². The van der Waals surface area contributed by atoms with Crippen LogP contribution < -0.4 is 5.32 Å². The topological polar surface area (TPSA) is 69.6 Å². The molecule has 228 valence electrons. The van der Waals surface area contributed by atoms with E-state index in [4.69, 9.17) is 0 Å². The maximum Gasteiger partial charge on any atom is 0.220 e. The molecule has 0 radical (unpaired) electrons. The average molecular weight is 556 g/mol. The van der Waals surface area contributed by atoms with Crippen LogP contribution in [0.4, 0.5) is 0 Å². The molecule has 4 nitrogen and oxygen atoms in total. The Balaban J connectivity index is 3.71. The van der Waals surface area contributed by atoms with Crippen molar-refractivity contribution >= 4 is 5.91 Å². The van der Waals surface area contributed by atoms with Gasteiger partial charge in [-0.1, -0.05) is 132 Å². The van der Waals surface area contributed by atoms with E-state index in [1.165, 1.54) is 38.5 Å². The van der Waals surface area contributed by atoms with Gasteiger partial charge in [0.25, 0.3) is 0 Å². The summed E-state index contributed by atoms with van der Waals surface area (Å²) in [6, 6.07) is -0.632. The van der Waals surface area contributed by atoms with Gasteiger partial charge in [-0.2, -0.15) is 0 Å². The molecule has 0 saturated heterocycles. The summed E-state index contributed by atoms with van der Waals surface area (Å²) < 4.78 is 0. The zero-order valence-corrected chi connectivity index (χ0v) is 25.8. The van der Waals surface area contributed by atoms with E-state index in [0.717, 1.165) is 70.6 Å². The molecule has 0 heterocycles. The smallest absolute Gasteiger partial charge is 0.220 e. The quantitative estimate of drug-likeness (QED) is 0.0699. The maximum atomic E-state index is 12.2. The third-order valence-electron chi connectivity index (χ3n) is 6.70. The van der Waals surface area contributed by atoms with Crippen LogP contribution in [0.25, 0.3) is 0 Å². The maximum absolute atomic E-state index is 12.2. The minimum absolute atomic E-state index is 0.0927. The van der Waals surface area contributed by atoms with Gasteiger partial charge < -0.3 is 15.5 Å². The van der Waals surface area contributed by atoms with Crippen LogP contribution in [0.5, 0.6) is 0 Å². The van der Waals surface area contributed by atoms with Crippen LogP contribution in [0.3, 0.4) is 0 Å². The zero-order chi connectivity index (χ0) is 29.4. The number of nitrogens with one attached hydrogen (secondary N) is 1. The second-order valence-electron chi connectivity index (χ2n) is 10.5. The number of unbranched alkanes of at least 4 members (excludes halogenated alkanes) is 10. The summed E-state index contributed by atoms with van der Waals surface area (Å²) in [6.07, 6.45) is 44.1. The van der Waals surface area contributed by atoms with Crippen molar-refractivity contribution in [2.45, 2.75) is 142 Å². The lowest BCUT2D eigenvalue weighted by atomic mass is 10.1. The highest BCUT2D eigenvalue weighted by Crippen LogP contribution is 2.09. The molecule has 0 rings (SSSR count). The minimum Gasteiger partial charge on any atom is -0.394 e. The van der Waals surface area contributed by atoms with Crippen molar-refractivity contribution in [2.24, 2.45) is 0 Å². The van der Waals surface area contributed by atoms with Crippen LogP contribution in [0, 0.1) is 0 Å². The van der Waals surface area contributed by atoms with E-state index >= 15 is 0 Å². The molecule has 0 aromatic rings. The van der Waals surface area contributed by atoms with Crippen molar-refractivity contribution in [2.75, 3.05) is 6.61 Å². The normalized spacial score (nSPS) is 14.2. The molecular formula is C36H61NO3. The SMILES string of the molecule is CC/C=C\C/C=C\C/C=C\C/C=C\C/C=C\CCCCCCCC(=O)NC(CO)C(O)/C=C/CCCCCCC. The molecule has 1 amide bonds. The van der Waals surface area contributed by atoms with E-state index in [9.17, 15) is 15.0 Å². The Morgan fingerprint density at radius 2 is 1.10 bits per heavy atom. The molecule has 0 aromatic heterocycles. The first-order valence-corrected chi connectivity index (χ1v) is 16.2. The van der Waals surface area contributed by atoms with E-state index < -0.39 is 12.1 Å². The Hall–Kier alpha value is -2.17. The van der Waals surface area contributed by atoms with Gasteiger partial charge in [0.05, 0.1) is 18.8 Å². The summed E-state index contributed by atoms with van der Waals surface area (Å²) in [6.45, 7) is 4.10. The fourth-order valence-corrected chi connectivity index (χ4v) is 4.20. The van der Waals surface area contributed by atoms with Crippen LogP contribution in [-0.4, -0.2) is 34.9 Å². The Kier molecular flexibility index (Phi) is 29.7. The summed E-state index contributed by atoms with van der Waals surface area (Å²) in [7, 11) is 0. The van der Waals surface area contributed by atoms with Crippen LogP contribution in [0.1, 0.15) is 129 Å². The molecule has 0 fully saturated rings. The van der Waals surface area contributed by atoms with Gasteiger partial charge in [0.2, 0.25) is 5.91 Å². The van der Waals surface area contributed by atoms with Gasteiger partial charge >= 0.3 is 0 Å². The van der Waals surface area contributed by atoms with E-state index in [1.807, 2.05) is 6.08 Å². The molecule has 0 bridgehead atoms. The van der Waals surface area contributed by atoms with E-state index in [1.54, 1.807) is 6.08 Å². The van der Waals surface area contributed by atoms with Crippen molar-refractivity contribution in [3.63, 3.8) is 0 Å². The molecule has 0 saturated carbocycles. The summed E-state index contributed by atoms with van der Waals surface area (Å²) in [5.41, 5.74) is 0. The number of carbonyl (C=O) groups is 1. The number of amides is 1. The highest BCUT2D eigenvalue weighted by atomic mass is 16.3.